The molecule has 0 aromatic heterocycles. The van der Waals surface area contributed by atoms with Gasteiger partial charge < -0.3 is 4.43 Å². The molecule has 0 atom stereocenters. The van der Waals surface area contributed by atoms with E-state index in [9.17, 15) is 8.78 Å². The van der Waals surface area contributed by atoms with Crippen LogP contribution in [0.4, 0.5) is 8.78 Å². The average molecular weight is 522 g/mol. The van der Waals surface area contributed by atoms with Gasteiger partial charge in [-0.3, -0.25) is 0 Å². The summed E-state index contributed by atoms with van der Waals surface area (Å²) in [6.07, 6.45) is 5.52. The molecule has 0 N–H and O–H groups in total. The molecular weight excluding hydrogens is 486 g/mol. The fraction of sp³-hybridized carbons (Fsp3) is 0.407. The summed E-state index contributed by atoms with van der Waals surface area (Å²) in [6, 6.07) is 21.1. The van der Waals surface area contributed by atoms with Crippen LogP contribution in [-0.4, -0.2) is 20.3 Å². The van der Waals surface area contributed by atoms with Gasteiger partial charge in [0.05, 0.1) is 11.7 Å². The summed E-state index contributed by atoms with van der Waals surface area (Å²) in [5.41, 5.74) is 0. The van der Waals surface area contributed by atoms with Gasteiger partial charge in [-0.05, 0) is 40.8 Å². The van der Waals surface area contributed by atoms with Crippen molar-refractivity contribution in [2.75, 3.05) is 11.9 Å². The van der Waals surface area contributed by atoms with Crippen molar-refractivity contribution in [3.63, 3.8) is 0 Å². The number of allylic oxidation sites excluding steroid dienone is 4. The molecule has 0 amide bonds. The van der Waals surface area contributed by atoms with Gasteiger partial charge in [0.25, 0.3) is 8.32 Å². The number of hydrogen-bond donors (Lipinski definition) is 0. The molecule has 2 rings (SSSR count). The van der Waals surface area contributed by atoms with Crippen molar-refractivity contribution in [2.45, 2.75) is 57.9 Å². The molecule has 0 heterocycles. The van der Waals surface area contributed by atoms with E-state index in [4.69, 9.17) is 4.43 Å². The van der Waals surface area contributed by atoms with Gasteiger partial charge in [-0.2, -0.15) is 0 Å². The number of halogens is 3. The lowest BCUT2D eigenvalue weighted by Crippen LogP contribution is -2.66. The van der Waals surface area contributed by atoms with Gasteiger partial charge >= 0.3 is 0 Å². The zero-order chi connectivity index (χ0) is 23.5. The van der Waals surface area contributed by atoms with Gasteiger partial charge in [-0.1, -0.05) is 103 Å². The van der Waals surface area contributed by atoms with E-state index in [2.05, 4.69) is 85.2 Å². The van der Waals surface area contributed by atoms with Crippen LogP contribution in [0.3, 0.4) is 0 Å². The third kappa shape index (κ3) is 7.50. The van der Waals surface area contributed by atoms with Gasteiger partial charge in [-0.15, -0.1) is 0 Å². The quantitative estimate of drug-likeness (QED) is 0.159. The van der Waals surface area contributed by atoms with E-state index in [1.165, 1.54) is 16.4 Å². The third-order valence-corrected chi connectivity index (χ3v) is 11.0. The van der Waals surface area contributed by atoms with Crippen molar-refractivity contribution in [1.82, 2.24) is 0 Å². The van der Waals surface area contributed by atoms with Crippen molar-refractivity contribution in [1.29, 1.82) is 0 Å². The van der Waals surface area contributed by atoms with E-state index < -0.39 is 8.32 Å². The zero-order valence-electron chi connectivity index (χ0n) is 19.4. The Bertz CT molecular complexity index is 821. The molecule has 0 spiro atoms. The predicted octanol–water partition coefficient (Wildman–Crippen LogP) is 7.62. The monoisotopic (exact) mass is 520 g/mol. The average Bonchev–Trinajstić information content (AvgIpc) is 2.78. The summed E-state index contributed by atoms with van der Waals surface area (Å²) in [4.78, 5) is 0. The molecule has 0 aliphatic rings. The van der Waals surface area contributed by atoms with Crippen molar-refractivity contribution < 1.29 is 13.2 Å². The Balaban J connectivity index is 2.05. The van der Waals surface area contributed by atoms with Crippen molar-refractivity contribution in [3.8, 4) is 0 Å². The fourth-order valence-corrected chi connectivity index (χ4v) is 8.96. The van der Waals surface area contributed by atoms with Gasteiger partial charge in [0.15, 0.2) is 0 Å². The van der Waals surface area contributed by atoms with E-state index in [-0.39, 0.29) is 23.1 Å². The number of alkyl halides is 1. The number of unbranched alkanes of at least 4 members (excludes halogenated alkanes) is 2. The van der Waals surface area contributed by atoms with E-state index >= 15 is 0 Å². The van der Waals surface area contributed by atoms with E-state index in [0.29, 0.717) is 24.8 Å². The maximum Gasteiger partial charge on any atom is 0.261 e. The lowest BCUT2D eigenvalue weighted by Gasteiger charge is -2.43. The predicted molar refractivity (Wildman–Crippen MR) is 139 cm³/mol. The molecule has 174 valence electrons. The van der Waals surface area contributed by atoms with Gasteiger partial charge in [0, 0.05) is 24.8 Å². The normalized spacial score (nSPS) is 13.4. The van der Waals surface area contributed by atoms with Crippen LogP contribution in [0, 0.1) is 0 Å². The Morgan fingerprint density at radius 3 is 1.94 bits per heavy atom. The largest absolute Gasteiger partial charge is 0.407 e. The van der Waals surface area contributed by atoms with E-state index in [1.54, 1.807) is 6.08 Å². The van der Waals surface area contributed by atoms with Crippen molar-refractivity contribution in [3.05, 3.63) is 84.5 Å². The van der Waals surface area contributed by atoms with Crippen LogP contribution < -0.4 is 10.4 Å². The van der Waals surface area contributed by atoms with Crippen LogP contribution in [0.2, 0.25) is 5.04 Å². The molecule has 0 saturated carbocycles. The highest BCUT2D eigenvalue weighted by Crippen LogP contribution is 2.36. The molecule has 0 aliphatic heterocycles. The smallest absolute Gasteiger partial charge is 0.261 e. The molecule has 0 fully saturated rings. The second-order valence-corrected chi connectivity index (χ2v) is 14.1. The zero-order valence-corrected chi connectivity index (χ0v) is 22.0. The standard InChI is InChI=1S/C27H35BrF2OSi/c1-27(2,3)32(25-14-8-4-9-15-25,26-16-10-5-11-17-26)31-22-12-6-7-13-23(29)18-19-24(30)20-21-28/h4-5,8-11,13-17,19H,6-7,12,18,20-22H2,1-3H3. The number of rotatable bonds is 12. The Kier molecular flexibility index (Phi) is 11.0. The lowest BCUT2D eigenvalue weighted by molar-refractivity contribution is 0.288. The lowest BCUT2D eigenvalue weighted by atomic mass is 10.2. The maximum atomic E-state index is 13.9. The first-order valence-electron chi connectivity index (χ1n) is 11.3. The molecule has 0 aliphatic carbocycles. The number of benzene rings is 2. The Labute approximate surface area is 201 Å². The summed E-state index contributed by atoms with van der Waals surface area (Å²) >= 11 is 3.18. The Hall–Kier alpha value is -1.56. The molecule has 2 aromatic carbocycles. The third-order valence-electron chi connectivity index (χ3n) is 5.55. The molecule has 2 aromatic rings. The second kappa shape index (κ2) is 13.2. The summed E-state index contributed by atoms with van der Waals surface area (Å²) in [6.45, 7) is 7.42. The summed E-state index contributed by atoms with van der Waals surface area (Å²) < 4.78 is 34.1. The van der Waals surface area contributed by atoms with Crippen LogP contribution in [0.5, 0.6) is 0 Å². The van der Waals surface area contributed by atoms with Gasteiger partial charge in [-0.25, -0.2) is 8.78 Å². The highest BCUT2D eigenvalue weighted by molar-refractivity contribution is 9.09. The first kappa shape index (κ1) is 26.7. The minimum Gasteiger partial charge on any atom is -0.407 e. The number of hydrogen-bond acceptors (Lipinski definition) is 1. The molecule has 0 unspecified atom stereocenters. The van der Waals surface area contributed by atoms with Crippen LogP contribution in [0.1, 0.15) is 52.9 Å². The topological polar surface area (TPSA) is 9.23 Å². The molecule has 0 saturated heterocycles. The van der Waals surface area contributed by atoms with Gasteiger partial charge in [0.2, 0.25) is 0 Å². The molecule has 5 heteroatoms. The fourth-order valence-electron chi connectivity index (χ4n) is 3.98. The van der Waals surface area contributed by atoms with Gasteiger partial charge in [0.1, 0.15) is 0 Å². The summed E-state index contributed by atoms with van der Waals surface area (Å²) in [5.74, 6) is -0.549. The van der Waals surface area contributed by atoms with E-state index in [0.717, 1.165) is 12.8 Å². The Morgan fingerprint density at radius 2 is 1.44 bits per heavy atom. The Morgan fingerprint density at radius 1 is 0.875 bits per heavy atom. The maximum absolute atomic E-state index is 13.9. The van der Waals surface area contributed by atoms with Crippen LogP contribution in [0.25, 0.3) is 0 Å². The second-order valence-electron chi connectivity index (χ2n) is 8.95. The van der Waals surface area contributed by atoms with Crippen molar-refractivity contribution >= 4 is 34.6 Å². The molecule has 0 radical (unpaired) electrons. The van der Waals surface area contributed by atoms with E-state index in [1.807, 2.05) is 12.1 Å². The molecule has 1 nitrogen and oxygen atoms in total. The minimum absolute atomic E-state index is 0.0252. The summed E-state index contributed by atoms with van der Waals surface area (Å²) in [7, 11) is -2.51. The minimum atomic E-state index is -2.51. The first-order chi connectivity index (χ1) is 15.3. The first-order valence-corrected chi connectivity index (χ1v) is 14.3. The highest BCUT2D eigenvalue weighted by Gasteiger charge is 2.49. The van der Waals surface area contributed by atoms with Crippen molar-refractivity contribution in [2.24, 2.45) is 0 Å². The van der Waals surface area contributed by atoms with Crippen LogP contribution in [-0.2, 0) is 4.43 Å². The SMILES string of the molecule is CC(C)(C)[Si](OCCCCC=C(F)CC=C(F)CCBr)(c1ccccc1)c1ccccc1. The van der Waals surface area contributed by atoms with Crippen LogP contribution in [0.15, 0.2) is 84.5 Å². The molecule has 0 bridgehead atoms. The highest BCUT2D eigenvalue weighted by atomic mass is 79.9. The molecular formula is C27H35BrF2OSi. The summed E-state index contributed by atoms with van der Waals surface area (Å²) in [5, 5.41) is 3.03. The molecule has 32 heavy (non-hydrogen) atoms. The van der Waals surface area contributed by atoms with Crippen LogP contribution >= 0.6 is 15.9 Å².